The van der Waals surface area contributed by atoms with Crippen LogP contribution >= 0.6 is 0 Å². The summed E-state index contributed by atoms with van der Waals surface area (Å²) in [6.45, 7) is 3.23. The van der Waals surface area contributed by atoms with Gasteiger partial charge >= 0.3 is 5.97 Å². The van der Waals surface area contributed by atoms with E-state index in [1.54, 1.807) is 0 Å². The molecule has 2 aliphatic heterocycles. The van der Waals surface area contributed by atoms with Crippen molar-refractivity contribution in [2.45, 2.75) is 197 Å². The van der Waals surface area contributed by atoms with Crippen molar-refractivity contribution in [1.29, 1.82) is 0 Å². The zero-order valence-corrected chi connectivity index (χ0v) is 42.6. The molecule has 2 fully saturated rings. The number of ether oxygens (including phenoxy) is 6. The Morgan fingerprint density at radius 1 is 0.465 bits per heavy atom. The second-order valence-electron chi connectivity index (χ2n) is 17.6. The maximum atomic E-state index is 13.0. The van der Waals surface area contributed by atoms with Crippen LogP contribution in [-0.4, -0.2) is 142 Å². The number of hydrogen-bond donors (Lipinski definition) is 7. The molecular weight excluding hydrogens is 909 g/mol. The Hall–Kier alpha value is -3.61. The van der Waals surface area contributed by atoms with E-state index in [1.807, 2.05) is 0 Å². The van der Waals surface area contributed by atoms with Crippen molar-refractivity contribution in [1.82, 2.24) is 0 Å². The number of esters is 1. The summed E-state index contributed by atoms with van der Waals surface area (Å²) in [7, 11) is 0. The van der Waals surface area contributed by atoms with E-state index < -0.39 is 86.7 Å². The Balaban J connectivity index is 1.79. The first kappa shape index (κ1) is 63.5. The predicted molar refractivity (Wildman–Crippen MR) is 279 cm³/mol. The Kier molecular flexibility index (Phi) is 38.3. The average molecular weight is 999 g/mol. The monoisotopic (exact) mass is 999 g/mol. The molecule has 14 nitrogen and oxygen atoms in total. The van der Waals surface area contributed by atoms with Crippen LogP contribution in [0.25, 0.3) is 0 Å². The molecule has 0 aromatic rings. The molecule has 2 saturated heterocycles. The van der Waals surface area contributed by atoms with Crippen LogP contribution in [0.4, 0.5) is 0 Å². The average Bonchev–Trinajstić information content (AvgIpc) is 3.37. The lowest BCUT2D eigenvalue weighted by Gasteiger charge is -2.42. The summed E-state index contributed by atoms with van der Waals surface area (Å²) in [5.74, 6) is -0.426. The van der Waals surface area contributed by atoms with Crippen LogP contribution < -0.4 is 0 Å². The molecule has 2 rings (SSSR count). The first-order valence-electron chi connectivity index (χ1n) is 26.1. The van der Waals surface area contributed by atoms with Crippen molar-refractivity contribution < 1.29 is 69.0 Å². The summed E-state index contributed by atoms with van der Waals surface area (Å²) in [6, 6.07) is 0. The van der Waals surface area contributed by atoms with Gasteiger partial charge in [-0.15, -0.1) is 0 Å². The molecule has 0 saturated carbocycles. The minimum Gasteiger partial charge on any atom is -0.457 e. The minimum absolute atomic E-state index is 0.00352. The van der Waals surface area contributed by atoms with Crippen molar-refractivity contribution in [3.8, 4) is 0 Å². The Labute approximate surface area is 425 Å². The lowest BCUT2D eigenvalue weighted by molar-refractivity contribution is -0.332. The van der Waals surface area contributed by atoms with Gasteiger partial charge in [-0.2, -0.15) is 0 Å². The summed E-state index contributed by atoms with van der Waals surface area (Å²) in [5.41, 5.74) is 0. The third-order valence-electron chi connectivity index (χ3n) is 11.5. The third kappa shape index (κ3) is 30.3. The van der Waals surface area contributed by atoms with Gasteiger partial charge in [0.1, 0.15) is 54.9 Å². The van der Waals surface area contributed by atoms with E-state index in [-0.39, 0.29) is 19.6 Å². The molecule has 0 aromatic heterocycles. The molecule has 0 spiro atoms. The van der Waals surface area contributed by atoms with Crippen LogP contribution in [0.5, 0.6) is 0 Å². The summed E-state index contributed by atoms with van der Waals surface area (Å²) in [5, 5.41) is 72.1. The fourth-order valence-corrected chi connectivity index (χ4v) is 7.29. The Bertz CT molecular complexity index is 1630. The molecular formula is C57H90O14. The molecule has 0 radical (unpaired) electrons. The molecule has 71 heavy (non-hydrogen) atoms. The van der Waals surface area contributed by atoms with Crippen LogP contribution in [0.15, 0.2) is 122 Å². The van der Waals surface area contributed by atoms with Gasteiger partial charge in [-0.25, -0.2) is 0 Å². The molecule has 402 valence electrons. The first-order valence-corrected chi connectivity index (χ1v) is 26.1. The lowest BCUT2D eigenvalue weighted by Crippen LogP contribution is -2.61. The van der Waals surface area contributed by atoms with Crippen LogP contribution in [0.1, 0.15) is 129 Å². The van der Waals surface area contributed by atoms with E-state index in [4.69, 9.17) is 28.4 Å². The molecule has 2 aliphatic rings. The number of allylic oxidation sites excluding steroid dienone is 20. The zero-order chi connectivity index (χ0) is 51.6. The standard InChI is InChI=1S/C57H90O14/c1-3-5-7-9-11-13-15-17-19-20-21-22-23-24-25-26-27-28-30-32-34-36-38-40-49(59)69-46(43-66-41-39-37-35-33-31-29-18-16-14-12-10-8-6-4-2)44-67-56-55(65)53(63)51(61)48(71-56)45-68-57-54(64)52(62)50(60)47(42-58)70-57/h5-8,11-14,17-19,21-22,24-25,27-29,33,35,46-48,50-58,60-65H,3-4,9-10,15-16,20,23,26,30-32,34,36-45H2,1-2H3/b7-5-,8-6-,13-11-,14-12-,19-17-,22-21-,25-24-,28-27-,29-18-,35-33-. The third-order valence-corrected chi connectivity index (χ3v) is 11.5. The van der Waals surface area contributed by atoms with Crippen LogP contribution in [0.3, 0.4) is 0 Å². The molecule has 0 bridgehead atoms. The van der Waals surface area contributed by atoms with Crippen molar-refractivity contribution in [2.24, 2.45) is 0 Å². The van der Waals surface area contributed by atoms with Crippen molar-refractivity contribution in [3.63, 3.8) is 0 Å². The predicted octanol–water partition coefficient (Wildman–Crippen LogP) is 8.18. The highest BCUT2D eigenvalue weighted by Gasteiger charge is 2.47. The molecule has 0 amide bonds. The normalized spacial score (nSPS) is 26.3. The van der Waals surface area contributed by atoms with Crippen LogP contribution in [0, 0.1) is 0 Å². The van der Waals surface area contributed by atoms with Crippen molar-refractivity contribution in [2.75, 3.05) is 33.0 Å². The number of hydrogen-bond acceptors (Lipinski definition) is 14. The van der Waals surface area contributed by atoms with E-state index >= 15 is 0 Å². The van der Waals surface area contributed by atoms with E-state index in [9.17, 15) is 40.5 Å². The molecule has 11 unspecified atom stereocenters. The van der Waals surface area contributed by atoms with Crippen LogP contribution in [0.2, 0.25) is 0 Å². The highest BCUT2D eigenvalue weighted by Crippen LogP contribution is 2.26. The topological polar surface area (TPSA) is 214 Å². The van der Waals surface area contributed by atoms with E-state index in [1.165, 1.54) is 0 Å². The summed E-state index contributed by atoms with van der Waals surface area (Å²) >= 11 is 0. The van der Waals surface area contributed by atoms with E-state index in [0.29, 0.717) is 13.0 Å². The maximum absolute atomic E-state index is 13.0. The van der Waals surface area contributed by atoms with Crippen molar-refractivity contribution >= 4 is 5.97 Å². The minimum atomic E-state index is -1.73. The number of carbonyl (C=O) groups excluding carboxylic acids is 1. The fourth-order valence-electron chi connectivity index (χ4n) is 7.29. The number of aliphatic hydroxyl groups is 7. The van der Waals surface area contributed by atoms with E-state index in [0.717, 1.165) is 103 Å². The molecule has 2 heterocycles. The van der Waals surface area contributed by atoms with Gasteiger partial charge in [0.15, 0.2) is 12.6 Å². The first-order chi connectivity index (χ1) is 34.6. The molecule has 11 atom stereocenters. The molecule has 7 N–H and O–H groups in total. The second-order valence-corrected chi connectivity index (χ2v) is 17.6. The Morgan fingerprint density at radius 2 is 0.873 bits per heavy atom. The van der Waals surface area contributed by atoms with Gasteiger partial charge in [-0.1, -0.05) is 148 Å². The van der Waals surface area contributed by atoms with Gasteiger partial charge < -0.3 is 64.2 Å². The van der Waals surface area contributed by atoms with Gasteiger partial charge in [-0.05, 0) is 96.3 Å². The van der Waals surface area contributed by atoms with Gasteiger partial charge in [0.25, 0.3) is 0 Å². The molecule has 0 aliphatic carbocycles. The van der Waals surface area contributed by atoms with Gasteiger partial charge in [0.2, 0.25) is 0 Å². The number of aliphatic hydroxyl groups excluding tert-OH is 7. The summed E-state index contributed by atoms with van der Waals surface area (Å²) in [4.78, 5) is 13.0. The van der Waals surface area contributed by atoms with Crippen molar-refractivity contribution in [3.05, 3.63) is 122 Å². The SMILES string of the molecule is CC/C=C\C/C=C\C/C=C\C/C=C\C/C=C\C/C=C\CCCCCCC(=O)OC(COCCC/C=C\C/C=C\C/C=C\C/C=C\CC)COC1OC(COC2OC(CO)C(O)C(O)C2O)C(O)C(O)C1O. The maximum Gasteiger partial charge on any atom is 0.306 e. The summed E-state index contributed by atoms with van der Waals surface area (Å²) in [6.07, 6.45) is 42.7. The number of rotatable bonds is 39. The van der Waals surface area contributed by atoms with E-state index in [2.05, 4.69) is 135 Å². The zero-order valence-electron chi connectivity index (χ0n) is 42.6. The van der Waals surface area contributed by atoms with Gasteiger partial charge in [0.05, 0.1) is 26.4 Å². The van der Waals surface area contributed by atoms with Crippen LogP contribution in [-0.2, 0) is 33.2 Å². The quantitative estimate of drug-likeness (QED) is 0.0176. The highest BCUT2D eigenvalue weighted by atomic mass is 16.7. The second kappa shape index (κ2) is 42.9. The highest BCUT2D eigenvalue weighted by molar-refractivity contribution is 5.69. The molecule has 14 heteroatoms. The molecule has 0 aromatic carbocycles. The Morgan fingerprint density at radius 3 is 1.35 bits per heavy atom. The number of carbonyl (C=O) groups is 1. The van der Waals surface area contributed by atoms with Gasteiger partial charge in [0, 0.05) is 13.0 Å². The summed E-state index contributed by atoms with van der Waals surface area (Å²) < 4.78 is 34.1. The number of unbranched alkanes of at least 4 members (excludes halogenated alkanes) is 5. The largest absolute Gasteiger partial charge is 0.457 e. The fraction of sp³-hybridized carbons (Fsp3) is 0.632. The smallest absolute Gasteiger partial charge is 0.306 e. The van der Waals surface area contributed by atoms with Gasteiger partial charge in [-0.3, -0.25) is 4.79 Å². The lowest BCUT2D eigenvalue weighted by atomic mass is 9.98.